The van der Waals surface area contributed by atoms with E-state index < -0.39 is 0 Å². The first-order valence-corrected chi connectivity index (χ1v) is 9.31. The summed E-state index contributed by atoms with van der Waals surface area (Å²) in [5.41, 5.74) is 0.879. The number of nitrogens with zero attached hydrogens (tertiary/aromatic N) is 4. The Morgan fingerprint density at radius 3 is 2.48 bits per heavy atom. The quantitative estimate of drug-likeness (QED) is 0.757. The summed E-state index contributed by atoms with van der Waals surface area (Å²) in [6.45, 7) is 4.36. The van der Waals surface area contributed by atoms with Crippen LogP contribution >= 0.6 is 0 Å². The van der Waals surface area contributed by atoms with E-state index in [9.17, 15) is 4.79 Å². The lowest BCUT2D eigenvalue weighted by atomic mass is 10.1. The first-order valence-electron chi connectivity index (χ1n) is 9.31. The molecular weight excluding hydrogens is 338 g/mol. The number of amides is 1. The van der Waals surface area contributed by atoms with Crippen LogP contribution in [-0.2, 0) is 4.79 Å². The van der Waals surface area contributed by atoms with Crippen LogP contribution in [0.15, 0.2) is 60.9 Å². The zero-order valence-corrected chi connectivity index (χ0v) is 15.2. The van der Waals surface area contributed by atoms with Gasteiger partial charge in [-0.25, -0.2) is 9.97 Å². The monoisotopic (exact) mass is 361 g/mol. The zero-order valence-electron chi connectivity index (χ0n) is 15.2. The molecule has 27 heavy (non-hydrogen) atoms. The summed E-state index contributed by atoms with van der Waals surface area (Å²) in [5.74, 6) is 0.839. The topological polar surface area (TPSA) is 61.4 Å². The van der Waals surface area contributed by atoms with Gasteiger partial charge in [-0.2, -0.15) is 0 Å². The summed E-state index contributed by atoms with van der Waals surface area (Å²) in [6, 6.07) is 15.9. The highest BCUT2D eigenvalue weighted by atomic mass is 16.1. The van der Waals surface area contributed by atoms with Gasteiger partial charge in [0.05, 0.1) is 0 Å². The number of aromatic nitrogens is 2. The molecule has 138 valence electrons. The number of carbonyl (C=O) groups excluding carboxylic acids is 1. The Labute approximate surface area is 158 Å². The molecule has 1 fully saturated rings. The average molecular weight is 361 g/mol. The zero-order chi connectivity index (χ0) is 18.5. The van der Waals surface area contributed by atoms with Crippen molar-refractivity contribution in [3.63, 3.8) is 0 Å². The van der Waals surface area contributed by atoms with Crippen molar-refractivity contribution in [3.05, 3.63) is 60.9 Å². The van der Waals surface area contributed by atoms with Crippen molar-refractivity contribution in [1.29, 1.82) is 0 Å². The van der Waals surface area contributed by atoms with Gasteiger partial charge in [0.15, 0.2) is 0 Å². The molecule has 0 bridgehead atoms. The van der Waals surface area contributed by atoms with Crippen molar-refractivity contribution in [1.82, 2.24) is 14.9 Å². The van der Waals surface area contributed by atoms with E-state index in [1.54, 1.807) is 12.4 Å². The molecular formula is C21H23N5O. The van der Waals surface area contributed by atoms with Crippen LogP contribution in [0.1, 0.15) is 6.42 Å². The molecule has 3 aromatic rings. The minimum atomic E-state index is 0.0557. The number of nitrogens with one attached hydrogen (secondary N) is 1. The molecule has 2 heterocycles. The number of rotatable bonds is 5. The van der Waals surface area contributed by atoms with Crippen LogP contribution < -0.4 is 10.2 Å². The fourth-order valence-electron chi connectivity index (χ4n) is 3.43. The molecule has 1 amide bonds. The first-order chi connectivity index (χ1) is 13.3. The molecule has 2 aromatic carbocycles. The number of hydrogen-bond acceptors (Lipinski definition) is 5. The number of piperazine rings is 1. The Hall–Kier alpha value is -2.99. The standard InChI is InChI=1S/C21H23N5O/c27-20(24-19-8-3-6-17-5-1-2-7-18(17)19)9-12-25-13-15-26(16-14-25)21-22-10-4-11-23-21/h1-8,10-11H,9,12-16H2,(H,24,27). The van der Waals surface area contributed by atoms with Gasteiger partial charge in [-0.05, 0) is 17.5 Å². The lowest BCUT2D eigenvalue weighted by Crippen LogP contribution is -2.47. The third-order valence-electron chi connectivity index (χ3n) is 4.93. The summed E-state index contributed by atoms with van der Waals surface area (Å²) >= 11 is 0. The molecule has 0 unspecified atom stereocenters. The van der Waals surface area contributed by atoms with Gasteiger partial charge < -0.3 is 10.2 Å². The van der Waals surface area contributed by atoms with Crippen LogP contribution in [0.2, 0.25) is 0 Å². The van der Waals surface area contributed by atoms with Crippen LogP contribution in [0.5, 0.6) is 0 Å². The van der Waals surface area contributed by atoms with Gasteiger partial charge in [0.1, 0.15) is 0 Å². The van der Waals surface area contributed by atoms with E-state index in [-0.39, 0.29) is 5.91 Å². The van der Waals surface area contributed by atoms with E-state index in [0.717, 1.165) is 55.1 Å². The Morgan fingerprint density at radius 2 is 1.67 bits per heavy atom. The molecule has 0 saturated carbocycles. The van der Waals surface area contributed by atoms with Gasteiger partial charge in [0.2, 0.25) is 11.9 Å². The van der Waals surface area contributed by atoms with Crippen molar-refractivity contribution < 1.29 is 4.79 Å². The van der Waals surface area contributed by atoms with E-state index >= 15 is 0 Å². The second-order valence-corrected chi connectivity index (χ2v) is 6.70. The maximum atomic E-state index is 12.4. The highest BCUT2D eigenvalue weighted by Crippen LogP contribution is 2.23. The van der Waals surface area contributed by atoms with Crippen LogP contribution in [0, 0.1) is 0 Å². The minimum absolute atomic E-state index is 0.0557. The Balaban J connectivity index is 1.28. The van der Waals surface area contributed by atoms with Gasteiger partial charge in [-0.1, -0.05) is 36.4 Å². The van der Waals surface area contributed by atoms with Crippen molar-refractivity contribution in [2.24, 2.45) is 0 Å². The third kappa shape index (κ3) is 4.23. The van der Waals surface area contributed by atoms with Crippen LogP contribution in [0.3, 0.4) is 0 Å². The summed E-state index contributed by atoms with van der Waals surface area (Å²) in [6.07, 6.45) is 4.03. The predicted octanol–water partition coefficient (Wildman–Crippen LogP) is 2.78. The Kier molecular flexibility index (Phi) is 5.25. The van der Waals surface area contributed by atoms with Crippen molar-refractivity contribution in [2.75, 3.05) is 42.9 Å². The SMILES string of the molecule is O=C(CCN1CCN(c2ncccn2)CC1)Nc1cccc2ccccc12. The highest BCUT2D eigenvalue weighted by Gasteiger charge is 2.19. The molecule has 6 heteroatoms. The molecule has 1 aliphatic rings. The molecule has 0 radical (unpaired) electrons. The normalized spacial score (nSPS) is 15.0. The molecule has 1 aliphatic heterocycles. The number of carbonyl (C=O) groups is 1. The Bertz CT molecular complexity index is 901. The van der Waals surface area contributed by atoms with E-state index in [0.29, 0.717) is 6.42 Å². The highest BCUT2D eigenvalue weighted by molar-refractivity contribution is 6.02. The first kappa shape index (κ1) is 17.4. The molecule has 1 N–H and O–H groups in total. The molecule has 6 nitrogen and oxygen atoms in total. The van der Waals surface area contributed by atoms with E-state index in [2.05, 4.69) is 37.2 Å². The van der Waals surface area contributed by atoms with Gasteiger partial charge >= 0.3 is 0 Å². The summed E-state index contributed by atoms with van der Waals surface area (Å²) in [5, 5.41) is 5.27. The van der Waals surface area contributed by atoms with Gasteiger partial charge in [0.25, 0.3) is 0 Å². The molecule has 1 saturated heterocycles. The molecule has 0 atom stereocenters. The second-order valence-electron chi connectivity index (χ2n) is 6.70. The molecule has 0 spiro atoms. The number of benzene rings is 2. The molecule has 4 rings (SSSR count). The average Bonchev–Trinajstić information content (AvgIpc) is 2.74. The summed E-state index contributed by atoms with van der Waals surface area (Å²) < 4.78 is 0. The van der Waals surface area contributed by atoms with E-state index in [1.807, 2.05) is 36.4 Å². The molecule has 1 aromatic heterocycles. The Morgan fingerprint density at radius 1 is 0.926 bits per heavy atom. The lowest BCUT2D eigenvalue weighted by molar-refractivity contribution is -0.116. The van der Waals surface area contributed by atoms with E-state index in [1.165, 1.54) is 0 Å². The van der Waals surface area contributed by atoms with Crippen molar-refractivity contribution in [2.45, 2.75) is 6.42 Å². The van der Waals surface area contributed by atoms with Gasteiger partial charge in [-0.15, -0.1) is 0 Å². The largest absolute Gasteiger partial charge is 0.338 e. The van der Waals surface area contributed by atoms with Crippen molar-refractivity contribution >= 4 is 28.3 Å². The fraction of sp³-hybridized carbons (Fsp3) is 0.286. The second kappa shape index (κ2) is 8.14. The van der Waals surface area contributed by atoms with Gasteiger partial charge in [0, 0.05) is 62.6 Å². The van der Waals surface area contributed by atoms with Crippen LogP contribution in [0.25, 0.3) is 10.8 Å². The van der Waals surface area contributed by atoms with Crippen LogP contribution in [0.4, 0.5) is 11.6 Å². The lowest BCUT2D eigenvalue weighted by Gasteiger charge is -2.34. The maximum Gasteiger partial charge on any atom is 0.225 e. The predicted molar refractivity (Wildman–Crippen MR) is 108 cm³/mol. The summed E-state index contributed by atoms with van der Waals surface area (Å²) in [7, 11) is 0. The maximum absolute atomic E-state index is 12.4. The van der Waals surface area contributed by atoms with Crippen molar-refractivity contribution in [3.8, 4) is 0 Å². The van der Waals surface area contributed by atoms with Crippen LogP contribution in [-0.4, -0.2) is 53.5 Å². The summed E-state index contributed by atoms with van der Waals surface area (Å²) in [4.78, 5) is 25.5. The number of fused-ring (bicyclic) bond motifs is 1. The number of hydrogen-bond donors (Lipinski definition) is 1. The van der Waals surface area contributed by atoms with E-state index in [4.69, 9.17) is 0 Å². The smallest absolute Gasteiger partial charge is 0.225 e. The minimum Gasteiger partial charge on any atom is -0.338 e. The van der Waals surface area contributed by atoms with Gasteiger partial charge in [-0.3, -0.25) is 9.69 Å². The number of anilines is 2. The third-order valence-corrected chi connectivity index (χ3v) is 4.93. The fourth-order valence-corrected chi connectivity index (χ4v) is 3.43. The molecule has 0 aliphatic carbocycles.